The van der Waals surface area contributed by atoms with E-state index in [1.54, 1.807) is 18.6 Å². The Bertz CT molecular complexity index is 928. The Labute approximate surface area is 188 Å². The summed E-state index contributed by atoms with van der Waals surface area (Å²) in [5.41, 5.74) is 0.0155. The first-order valence-electron chi connectivity index (χ1n) is 11.4. The summed E-state index contributed by atoms with van der Waals surface area (Å²) < 4.78 is 22.6. The lowest BCUT2D eigenvalue weighted by molar-refractivity contribution is -0.162. The summed E-state index contributed by atoms with van der Waals surface area (Å²) in [4.78, 5) is 38.5. The van der Waals surface area contributed by atoms with Crippen LogP contribution in [0.5, 0.6) is 0 Å². The van der Waals surface area contributed by atoms with Crippen molar-refractivity contribution in [2.75, 3.05) is 0 Å². The molecule has 7 unspecified atom stereocenters. The van der Waals surface area contributed by atoms with Gasteiger partial charge in [0.25, 0.3) is 0 Å². The van der Waals surface area contributed by atoms with E-state index in [1.165, 1.54) is 6.08 Å². The van der Waals surface area contributed by atoms with Gasteiger partial charge in [-0.1, -0.05) is 12.5 Å². The van der Waals surface area contributed by atoms with E-state index in [0.29, 0.717) is 25.7 Å². The second kappa shape index (κ2) is 8.18. The number of ether oxygens (including phenoxy) is 3. The maximum absolute atomic E-state index is 13.2. The molecule has 0 aromatic carbocycles. The fourth-order valence-corrected chi connectivity index (χ4v) is 5.39. The molecule has 7 heteroatoms. The number of ketones is 1. The molecule has 2 saturated heterocycles. The van der Waals surface area contributed by atoms with Crippen molar-refractivity contribution < 1.29 is 33.0 Å². The van der Waals surface area contributed by atoms with Crippen molar-refractivity contribution >= 4 is 17.7 Å². The van der Waals surface area contributed by atoms with E-state index in [2.05, 4.69) is 0 Å². The van der Waals surface area contributed by atoms with E-state index in [0.717, 1.165) is 11.1 Å². The highest BCUT2D eigenvalue weighted by atomic mass is 16.6. The van der Waals surface area contributed by atoms with Crippen molar-refractivity contribution in [2.24, 2.45) is 17.3 Å². The first-order valence-corrected chi connectivity index (χ1v) is 11.4. The van der Waals surface area contributed by atoms with Crippen LogP contribution >= 0.6 is 0 Å². The van der Waals surface area contributed by atoms with Crippen LogP contribution in [0.25, 0.3) is 0 Å². The van der Waals surface area contributed by atoms with Gasteiger partial charge in [-0.3, -0.25) is 9.59 Å². The number of furan rings is 1. The number of epoxide rings is 1. The van der Waals surface area contributed by atoms with Crippen LogP contribution in [-0.2, 0) is 28.6 Å². The van der Waals surface area contributed by atoms with Gasteiger partial charge in [0.1, 0.15) is 23.6 Å². The van der Waals surface area contributed by atoms with E-state index in [-0.39, 0.29) is 35.8 Å². The third-order valence-electron chi connectivity index (χ3n) is 7.71. The lowest BCUT2D eigenvalue weighted by Gasteiger charge is -2.42. The zero-order chi connectivity index (χ0) is 23.3. The molecule has 1 saturated carbocycles. The van der Waals surface area contributed by atoms with Crippen molar-refractivity contribution in [2.45, 2.75) is 84.2 Å². The van der Waals surface area contributed by atoms with Gasteiger partial charge >= 0.3 is 11.9 Å². The first kappa shape index (κ1) is 22.8. The highest BCUT2D eigenvalue weighted by Gasteiger charge is 2.72. The average Bonchev–Trinajstić information content (AvgIpc) is 3.08. The van der Waals surface area contributed by atoms with Crippen LogP contribution in [0.1, 0.15) is 72.0 Å². The molecule has 174 valence electrons. The predicted molar refractivity (Wildman–Crippen MR) is 114 cm³/mol. The molecule has 1 aromatic rings. The van der Waals surface area contributed by atoms with Crippen LogP contribution in [0.3, 0.4) is 0 Å². The van der Waals surface area contributed by atoms with E-state index in [1.807, 2.05) is 34.6 Å². The summed E-state index contributed by atoms with van der Waals surface area (Å²) in [6.07, 6.45) is 5.50. The lowest BCUT2D eigenvalue weighted by atomic mass is 9.62. The molecule has 2 aliphatic heterocycles. The second-order valence-electron chi connectivity index (χ2n) is 10.1. The number of carbonyl (C=O) groups is 3. The average molecular weight is 445 g/mol. The molecule has 0 N–H and O–H groups in total. The molecule has 1 aliphatic carbocycles. The molecule has 1 aromatic heterocycles. The van der Waals surface area contributed by atoms with Crippen LogP contribution < -0.4 is 0 Å². The molecule has 7 nitrogen and oxygen atoms in total. The number of hydrogen-bond donors (Lipinski definition) is 0. The first-order chi connectivity index (χ1) is 15.1. The fraction of sp³-hybridized carbons (Fsp3) is 0.640. The van der Waals surface area contributed by atoms with Crippen molar-refractivity contribution in [3.05, 3.63) is 35.8 Å². The molecular weight excluding hydrogens is 412 g/mol. The molecule has 0 radical (unpaired) electrons. The fourth-order valence-electron chi connectivity index (χ4n) is 5.39. The Kier molecular flexibility index (Phi) is 5.82. The molecule has 3 fully saturated rings. The van der Waals surface area contributed by atoms with E-state index < -0.39 is 23.1 Å². The largest absolute Gasteiger partial charge is 0.472 e. The molecule has 0 spiro atoms. The summed E-state index contributed by atoms with van der Waals surface area (Å²) in [6, 6.07) is 1.79. The zero-order valence-corrected chi connectivity index (χ0v) is 19.4. The quantitative estimate of drug-likeness (QED) is 0.351. The Balaban J connectivity index is 1.56. The predicted octanol–water partition coefficient (Wildman–Crippen LogP) is 4.31. The zero-order valence-electron chi connectivity index (χ0n) is 19.4. The van der Waals surface area contributed by atoms with Crippen LogP contribution in [0.2, 0.25) is 0 Å². The summed E-state index contributed by atoms with van der Waals surface area (Å²) in [6.45, 7) is 9.37. The molecular formula is C25H32O7. The number of allylic oxidation sites excluding steroid dienone is 1. The maximum Gasteiger partial charge on any atom is 0.330 e. The van der Waals surface area contributed by atoms with Gasteiger partial charge in [-0.15, -0.1) is 0 Å². The van der Waals surface area contributed by atoms with Gasteiger partial charge in [-0.05, 0) is 52.5 Å². The summed E-state index contributed by atoms with van der Waals surface area (Å²) in [7, 11) is 0. The summed E-state index contributed by atoms with van der Waals surface area (Å²) >= 11 is 0. The molecule has 0 bridgehead atoms. The third-order valence-corrected chi connectivity index (χ3v) is 7.71. The summed E-state index contributed by atoms with van der Waals surface area (Å²) in [5.74, 6) is -1.22. The molecule has 0 amide bonds. The number of rotatable bonds is 7. The van der Waals surface area contributed by atoms with Crippen LogP contribution in [0.4, 0.5) is 0 Å². The standard InChI is InChI=1S/C25H32O7/c1-14(2)10-22(27)31-21(24(4)19(26)6-7-20-25(24,5)32-20)11-15(3)17-12-18(30-23(17)28)16-8-9-29-13-16/h8-10,13,15,17-18,20-21H,6-7,11-12H2,1-5H3. The van der Waals surface area contributed by atoms with Crippen molar-refractivity contribution in [3.63, 3.8) is 0 Å². The number of fused-ring (bicyclic) bond motifs is 1. The number of hydrogen-bond acceptors (Lipinski definition) is 7. The SMILES string of the molecule is CC(C)=CC(=O)OC(CC(C)C1CC(c2ccoc2)OC1=O)C1(C)C(=O)CCC2OC21C. The van der Waals surface area contributed by atoms with Gasteiger partial charge in [-0.25, -0.2) is 4.79 Å². The smallest absolute Gasteiger partial charge is 0.330 e. The molecule has 3 aliphatic rings. The Morgan fingerprint density at radius 1 is 1.31 bits per heavy atom. The van der Waals surface area contributed by atoms with Crippen molar-refractivity contribution in [3.8, 4) is 0 Å². The normalized spacial score (nSPS) is 35.5. The van der Waals surface area contributed by atoms with E-state index >= 15 is 0 Å². The van der Waals surface area contributed by atoms with E-state index in [4.69, 9.17) is 18.6 Å². The molecule has 3 heterocycles. The number of esters is 2. The monoisotopic (exact) mass is 444 g/mol. The Hall–Kier alpha value is -2.41. The van der Waals surface area contributed by atoms with Gasteiger partial charge < -0.3 is 18.6 Å². The van der Waals surface area contributed by atoms with E-state index in [9.17, 15) is 14.4 Å². The Morgan fingerprint density at radius 2 is 2.06 bits per heavy atom. The number of cyclic esters (lactones) is 1. The molecule has 32 heavy (non-hydrogen) atoms. The van der Waals surface area contributed by atoms with Gasteiger partial charge in [-0.2, -0.15) is 0 Å². The Morgan fingerprint density at radius 3 is 2.72 bits per heavy atom. The highest BCUT2D eigenvalue weighted by Crippen LogP contribution is 2.59. The van der Waals surface area contributed by atoms with Crippen LogP contribution in [-0.4, -0.2) is 35.5 Å². The molecule has 4 rings (SSSR count). The minimum Gasteiger partial charge on any atom is -0.472 e. The highest BCUT2D eigenvalue weighted by molar-refractivity contribution is 5.89. The van der Waals surface area contributed by atoms with Gasteiger partial charge in [0.2, 0.25) is 0 Å². The summed E-state index contributed by atoms with van der Waals surface area (Å²) in [5, 5.41) is 0. The number of carbonyl (C=O) groups excluding carboxylic acids is 3. The minimum atomic E-state index is -0.970. The third kappa shape index (κ3) is 3.81. The van der Waals surface area contributed by atoms with Gasteiger partial charge in [0.15, 0.2) is 0 Å². The lowest BCUT2D eigenvalue weighted by Crippen LogP contribution is -2.55. The molecule has 7 atom stereocenters. The van der Waals surface area contributed by atoms with Crippen LogP contribution in [0, 0.1) is 17.3 Å². The minimum absolute atomic E-state index is 0.00733. The van der Waals surface area contributed by atoms with Gasteiger partial charge in [0.05, 0.1) is 30.0 Å². The van der Waals surface area contributed by atoms with Crippen molar-refractivity contribution in [1.29, 1.82) is 0 Å². The number of Topliss-reactive ketones (excluding diaryl/α,β-unsaturated/α-hetero) is 1. The van der Waals surface area contributed by atoms with Crippen molar-refractivity contribution in [1.82, 2.24) is 0 Å². The topological polar surface area (TPSA) is 95.3 Å². The maximum atomic E-state index is 13.2. The second-order valence-corrected chi connectivity index (χ2v) is 10.1. The van der Waals surface area contributed by atoms with Gasteiger partial charge in [0, 0.05) is 24.5 Å². The van der Waals surface area contributed by atoms with Crippen LogP contribution in [0.15, 0.2) is 34.7 Å².